The molecule has 3 aliphatic carbocycles. The predicted molar refractivity (Wildman–Crippen MR) is 129 cm³/mol. The number of aliphatic hydroxyl groups excluding tert-OH is 2. The molecule has 176 valence electrons. The Morgan fingerprint density at radius 3 is 2.68 bits per heavy atom. The summed E-state index contributed by atoms with van der Waals surface area (Å²) in [5.41, 5.74) is 3.54. The Morgan fingerprint density at radius 1 is 1.26 bits per heavy atom. The van der Waals surface area contributed by atoms with Gasteiger partial charge >= 0.3 is 0 Å². The van der Waals surface area contributed by atoms with Crippen LogP contribution in [0.5, 0.6) is 0 Å². The Labute approximate surface area is 190 Å². The van der Waals surface area contributed by atoms with Gasteiger partial charge < -0.3 is 15.3 Å². The van der Waals surface area contributed by atoms with Gasteiger partial charge in [0.25, 0.3) is 0 Å². The van der Waals surface area contributed by atoms with Crippen molar-refractivity contribution in [2.75, 3.05) is 6.61 Å². The molecular weight excluding hydrogens is 384 g/mol. The maximum absolute atomic E-state index is 10.2. The molecule has 0 spiro atoms. The molecule has 31 heavy (non-hydrogen) atoms. The predicted octanol–water partition coefficient (Wildman–Crippen LogP) is 5.95. The van der Waals surface area contributed by atoms with Crippen LogP contribution < -0.4 is 0 Å². The third-order valence-corrected chi connectivity index (χ3v) is 8.81. The Balaban J connectivity index is 1.71. The second kappa shape index (κ2) is 9.93. The van der Waals surface area contributed by atoms with Gasteiger partial charge in [0, 0.05) is 5.92 Å². The fourth-order valence-corrected chi connectivity index (χ4v) is 7.04. The number of aliphatic hydroxyl groups is 3. The summed E-state index contributed by atoms with van der Waals surface area (Å²) in [4.78, 5) is 0. The van der Waals surface area contributed by atoms with Crippen LogP contribution in [0.15, 0.2) is 35.5 Å². The summed E-state index contributed by atoms with van der Waals surface area (Å²) in [6.07, 6.45) is 15.0. The van der Waals surface area contributed by atoms with E-state index in [1.54, 1.807) is 5.57 Å². The standard InChI is InChI=1S/C28H46O3/c1-19(8-6-14-27(3,4)31)25-12-13-26-21(9-7-15-28(25,26)5)10-11-22-16-24(30)17-23(18-29)20(22)2/h10-11,19,23-26,29-31H,2,6-9,12-18H2,1,3-5H3/t19-,23+,24-,25-,26?,28-/m1/s1. The summed E-state index contributed by atoms with van der Waals surface area (Å²) < 4.78 is 0. The smallest absolute Gasteiger partial charge is 0.0591 e. The lowest BCUT2D eigenvalue weighted by Gasteiger charge is -2.44. The van der Waals surface area contributed by atoms with Crippen molar-refractivity contribution in [3.8, 4) is 0 Å². The van der Waals surface area contributed by atoms with Gasteiger partial charge in [0.2, 0.25) is 0 Å². The van der Waals surface area contributed by atoms with Crippen molar-refractivity contribution in [1.82, 2.24) is 0 Å². The van der Waals surface area contributed by atoms with Gasteiger partial charge in [-0.2, -0.15) is 0 Å². The van der Waals surface area contributed by atoms with Crippen LogP contribution in [0, 0.1) is 29.1 Å². The van der Waals surface area contributed by atoms with E-state index < -0.39 is 5.60 Å². The number of fused-ring (bicyclic) bond motifs is 1. The molecule has 0 aromatic heterocycles. The fourth-order valence-electron chi connectivity index (χ4n) is 7.04. The molecule has 1 unspecified atom stereocenters. The molecule has 3 N–H and O–H groups in total. The molecule has 0 heterocycles. The van der Waals surface area contributed by atoms with Crippen molar-refractivity contribution in [3.05, 3.63) is 35.5 Å². The summed E-state index contributed by atoms with van der Waals surface area (Å²) in [6.45, 7) is 13.1. The summed E-state index contributed by atoms with van der Waals surface area (Å²) in [5.74, 6) is 2.12. The number of hydrogen-bond acceptors (Lipinski definition) is 3. The highest BCUT2D eigenvalue weighted by Gasteiger charge is 2.50. The zero-order valence-corrected chi connectivity index (χ0v) is 20.4. The Hall–Kier alpha value is -0.900. The Morgan fingerprint density at radius 2 is 2.00 bits per heavy atom. The molecule has 3 heteroatoms. The Bertz CT molecular complexity index is 698. The first-order chi connectivity index (χ1) is 14.5. The minimum atomic E-state index is -0.554. The number of allylic oxidation sites excluding steroid dienone is 3. The van der Waals surface area contributed by atoms with E-state index in [-0.39, 0.29) is 18.6 Å². The molecule has 0 saturated heterocycles. The highest BCUT2D eigenvalue weighted by atomic mass is 16.3. The van der Waals surface area contributed by atoms with Crippen LogP contribution in [0.4, 0.5) is 0 Å². The van der Waals surface area contributed by atoms with Crippen molar-refractivity contribution in [2.24, 2.45) is 29.1 Å². The first-order valence-corrected chi connectivity index (χ1v) is 12.6. The molecule has 3 fully saturated rings. The monoisotopic (exact) mass is 430 g/mol. The van der Waals surface area contributed by atoms with Gasteiger partial charge in [0.1, 0.15) is 0 Å². The number of rotatable bonds is 7. The van der Waals surface area contributed by atoms with Crippen molar-refractivity contribution in [2.45, 2.75) is 104 Å². The topological polar surface area (TPSA) is 60.7 Å². The third kappa shape index (κ3) is 5.72. The van der Waals surface area contributed by atoms with Crippen LogP contribution in [0.1, 0.15) is 91.9 Å². The van der Waals surface area contributed by atoms with E-state index in [4.69, 9.17) is 0 Å². The Kier molecular flexibility index (Phi) is 7.92. The van der Waals surface area contributed by atoms with Crippen molar-refractivity contribution in [1.29, 1.82) is 0 Å². The van der Waals surface area contributed by atoms with Gasteiger partial charge in [-0.05, 0) is 99.5 Å². The van der Waals surface area contributed by atoms with E-state index in [9.17, 15) is 15.3 Å². The average Bonchev–Trinajstić information content (AvgIpc) is 3.04. The first-order valence-electron chi connectivity index (χ1n) is 12.6. The largest absolute Gasteiger partial charge is 0.396 e. The average molecular weight is 431 g/mol. The maximum Gasteiger partial charge on any atom is 0.0591 e. The van der Waals surface area contributed by atoms with Gasteiger partial charge in [-0.15, -0.1) is 0 Å². The third-order valence-electron chi connectivity index (χ3n) is 8.81. The lowest BCUT2D eigenvalue weighted by Crippen LogP contribution is -2.36. The molecule has 0 amide bonds. The molecule has 3 nitrogen and oxygen atoms in total. The van der Waals surface area contributed by atoms with Crippen LogP contribution in [-0.2, 0) is 0 Å². The maximum atomic E-state index is 10.2. The number of hydrogen-bond donors (Lipinski definition) is 3. The molecule has 0 radical (unpaired) electrons. The van der Waals surface area contributed by atoms with Gasteiger partial charge in [0.05, 0.1) is 18.3 Å². The molecular formula is C28H46O3. The van der Waals surface area contributed by atoms with Gasteiger partial charge in [0.15, 0.2) is 0 Å². The van der Waals surface area contributed by atoms with E-state index in [2.05, 4.69) is 32.6 Å². The van der Waals surface area contributed by atoms with Gasteiger partial charge in [-0.25, -0.2) is 0 Å². The normalized spacial score (nSPS) is 38.0. The highest BCUT2D eigenvalue weighted by molar-refractivity contribution is 5.38. The van der Waals surface area contributed by atoms with Gasteiger partial charge in [-0.1, -0.05) is 51.0 Å². The summed E-state index contributed by atoms with van der Waals surface area (Å²) in [7, 11) is 0. The molecule has 3 saturated carbocycles. The molecule has 0 bridgehead atoms. The van der Waals surface area contributed by atoms with Crippen LogP contribution >= 0.6 is 0 Å². The molecule has 0 aromatic carbocycles. The van der Waals surface area contributed by atoms with Crippen LogP contribution in [0.3, 0.4) is 0 Å². The second-order valence-corrected chi connectivity index (χ2v) is 11.7. The molecule has 6 atom stereocenters. The lowest BCUT2D eigenvalue weighted by atomic mass is 9.60. The minimum Gasteiger partial charge on any atom is -0.396 e. The molecule has 0 aliphatic heterocycles. The SMILES string of the molecule is C=C1C(=CC=C2CCC[C@@]3(C)C2CC[C@@H]3[C@H](C)CCCC(C)(C)O)C[C@@H](O)C[C@H]1CO. The van der Waals surface area contributed by atoms with Crippen LogP contribution in [0.2, 0.25) is 0 Å². The molecule has 3 rings (SSSR count). The van der Waals surface area contributed by atoms with E-state index in [0.717, 1.165) is 29.9 Å². The quantitative estimate of drug-likeness (QED) is 0.467. The summed E-state index contributed by atoms with van der Waals surface area (Å²) in [6, 6.07) is 0. The van der Waals surface area contributed by atoms with E-state index >= 15 is 0 Å². The van der Waals surface area contributed by atoms with Crippen molar-refractivity contribution < 1.29 is 15.3 Å². The second-order valence-electron chi connectivity index (χ2n) is 11.7. The van der Waals surface area contributed by atoms with E-state index in [0.29, 0.717) is 30.1 Å². The highest BCUT2D eigenvalue weighted by Crippen LogP contribution is 2.60. The fraction of sp³-hybridized carbons (Fsp3) is 0.786. The van der Waals surface area contributed by atoms with Crippen molar-refractivity contribution in [3.63, 3.8) is 0 Å². The first kappa shape index (κ1) is 24.7. The van der Waals surface area contributed by atoms with E-state index in [1.165, 1.54) is 38.5 Å². The zero-order chi connectivity index (χ0) is 22.8. The van der Waals surface area contributed by atoms with Gasteiger partial charge in [-0.3, -0.25) is 0 Å². The van der Waals surface area contributed by atoms with Crippen molar-refractivity contribution >= 4 is 0 Å². The molecule has 3 aliphatic rings. The van der Waals surface area contributed by atoms with Crippen LogP contribution in [-0.4, -0.2) is 33.6 Å². The van der Waals surface area contributed by atoms with E-state index in [1.807, 2.05) is 13.8 Å². The zero-order valence-electron chi connectivity index (χ0n) is 20.4. The molecule has 0 aromatic rings. The summed E-state index contributed by atoms with van der Waals surface area (Å²) in [5, 5.41) is 29.9. The minimum absolute atomic E-state index is 0.00868. The lowest BCUT2D eigenvalue weighted by molar-refractivity contribution is 0.0596. The van der Waals surface area contributed by atoms with Crippen LogP contribution in [0.25, 0.3) is 0 Å². The summed E-state index contributed by atoms with van der Waals surface area (Å²) >= 11 is 0.